The van der Waals surface area contributed by atoms with Crippen LogP contribution in [-0.4, -0.2) is 36.4 Å². The van der Waals surface area contributed by atoms with Crippen molar-refractivity contribution in [3.63, 3.8) is 0 Å². The maximum absolute atomic E-state index is 12.3. The fourth-order valence-electron chi connectivity index (χ4n) is 2.46. The van der Waals surface area contributed by atoms with Crippen LogP contribution in [0.3, 0.4) is 0 Å². The van der Waals surface area contributed by atoms with Gasteiger partial charge in [0.15, 0.2) is 5.78 Å². The normalized spacial score (nSPS) is 11.2. The number of benzene rings is 1. The summed E-state index contributed by atoms with van der Waals surface area (Å²) in [4.78, 5) is 14.7. The van der Waals surface area contributed by atoms with Crippen LogP contribution in [-0.2, 0) is 0 Å². The average molecular weight is 306 g/mol. The Hall–Kier alpha value is -1.55. The minimum Gasteiger partial charge on any atom is -0.489 e. The van der Waals surface area contributed by atoms with Crippen molar-refractivity contribution < 1.29 is 9.53 Å². The molecule has 124 valence electrons. The van der Waals surface area contributed by atoms with Crippen molar-refractivity contribution in [3.05, 3.63) is 23.8 Å². The average Bonchev–Trinajstić information content (AvgIpc) is 2.46. The molecule has 1 aromatic carbocycles. The predicted octanol–water partition coefficient (Wildman–Crippen LogP) is 3.75. The first-order valence-electron chi connectivity index (χ1n) is 8.29. The highest BCUT2D eigenvalue weighted by Crippen LogP contribution is 2.24. The van der Waals surface area contributed by atoms with E-state index >= 15 is 0 Å². The summed E-state index contributed by atoms with van der Waals surface area (Å²) in [5.74, 6) is 0.783. The van der Waals surface area contributed by atoms with Gasteiger partial charge in [0.25, 0.3) is 0 Å². The van der Waals surface area contributed by atoms with Gasteiger partial charge < -0.3 is 15.4 Å². The van der Waals surface area contributed by atoms with Crippen molar-refractivity contribution >= 4 is 11.5 Å². The van der Waals surface area contributed by atoms with Gasteiger partial charge in [0.05, 0.1) is 11.8 Å². The number of nitrogen functional groups attached to an aromatic ring is 1. The predicted molar refractivity (Wildman–Crippen MR) is 92.6 cm³/mol. The van der Waals surface area contributed by atoms with Crippen molar-refractivity contribution in [1.29, 1.82) is 0 Å². The highest BCUT2D eigenvalue weighted by molar-refractivity contribution is 5.97. The third kappa shape index (κ3) is 6.06. The summed E-state index contributed by atoms with van der Waals surface area (Å²) in [7, 11) is 0. The van der Waals surface area contributed by atoms with Gasteiger partial charge in [-0.2, -0.15) is 0 Å². The number of hydrogen-bond donors (Lipinski definition) is 1. The van der Waals surface area contributed by atoms with Gasteiger partial charge in [-0.25, -0.2) is 0 Å². The molecule has 4 heteroatoms. The number of nitrogens with two attached hydrogens (primary N) is 1. The maximum atomic E-state index is 12.3. The molecule has 1 rings (SSSR count). The molecule has 0 aliphatic rings. The van der Waals surface area contributed by atoms with Crippen LogP contribution < -0.4 is 10.5 Å². The Morgan fingerprint density at radius 1 is 1.18 bits per heavy atom. The Kier molecular flexibility index (Phi) is 7.96. The van der Waals surface area contributed by atoms with E-state index in [0.717, 1.165) is 32.5 Å². The summed E-state index contributed by atoms with van der Waals surface area (Å²) < 4.78 is 5.60. The second-order valence-electron chi connectivity index (χ2n) is 5.93. The number of ketones is 1. The molecule has 0 fully saturated rings. The molecule has 0 saturated heterocycles. The Bertz CT molecular complexity index is 466. The molecule has 22 heavy (non-hydrogen) atoms. The van der Waals surface area contributed by atoms with Crippen LogP contribution in [0.2, 0.25) is 0 Å². The molecular weight excluding hydrogens is 276 g/mol. The van der Waals surface area contributed by atoms with E-state index in [1.807, 2.05) is 13.8 Å². The summed E-state index contributed by atoms with van der Waals surface area (Å²) in [5.41, 5.74) is 7.17. The van der Waals surface area contributed by atoms with E-state index in [9.17, 15) is 4.79 Å². The molecule has 0 amide bonds. The first kappa shape index (κ1) is 18.5. The highest BCUT2D eigenvalue weighted by Gasteiger charge is 2.12. The molecule has 1 aromatic rings. The van der Waals surface area contributed by atoms with Gasteiger partial charge in [0.1, 0.15) is 5.75 Å². The van der Waals surface area contributed by atoms with Crippen molar-refractivity contribution in [2.75, 3.05) is 25.4 Å². The van der Waals surface area contributed by atoms with Crippen LogP contribution in [0.15, 0.2) is 18.2 Å². The van der Waals surface area contributed by atoms with Gasteiger partial charge in [0, 0.05) is 18.5 Å². The smallest absolute Gasteiger partial charge is 0.164 e. The first-order valence-corrected chi connectivity index (χ1v) is 8.29. The zero-order valence-corrected chi connectivity index (χ0v) is 14.4. The largest absolute Gasteiger partial charge is 0.489 e. The molecule has 0 atom stereocenters. The van der Waals surface area contributed by atoms with Crippen LogP contribution in [0.1, 0.15) is 57.3 Å². The van der Waals surface area contributed by atoms with Crippen molar-refractivity contribution in [3.8, 4) is 5.75 Å². The fourth-order valence-corrected chi connectivity index (χ4v) is 2.46. The van der Waals surface area contributed by atoms with Crippen LogP contribution in [0, 0.1) is 0 Å². The Morgan fingerprint density at radius 3 is 2.32 bits per heavy atom. The van der Waals surface area contributed by atoms with E-state index in [1.54, 1.807) is 18.2 Å². The lowest BCUT2D eigenvalue weighted by molar-refractivity contribution is 0.0964. The van der Waals surface area contributed by atoms with Crippen LogP contribution in [0.4, 0.5) is 5.69 Å². The molecule has 4 nitrogen and oxygen atoms in total. The minimum absolute atomic E-state index is 0.0699. The molecule has 0 aliphatic heterocycles. The third-order valence-corrected chi connectivity index (χ3v) is 3.43. The zero-order valence-electron chi connectivity index (χ0n) is 14.4. The Morgan fingerprint density at radius 2 is 1.82 bits per heavy atom. The zero-order chi connectivity index (χ0) is 16.5. The lowest BCUT2D eigenvalue weighted by atomic mass is 10.1. The van der Waals surface area contributed by atoms with Gasteiger partial charge >= 0.3 is 0 Å². The fraction of sp³-hybridized carbons (Fsp3) is 0.611. The molecular formula is C18H30N2O2. The minimum atomic E-state index is 0.0699. The maximum Gasteiger partial charge on any atom is 0.164 e. The number of hydrogen-bond acceptors (Lipinski definition) is 4. The molecule has 0 unspecified atom stereocenters. The second kappa shape index (κ2) is 9.46. The van der Waals surface area contributed by atoms with E-state index in [1.165, 1.54) is 0 Å². The van der Waals surface area contributed by atoms with Crippen LogP contribution in [0.25, 0.3) is 0 Å². The Balaban J connectivity index is 2.63. The number of carbonyl (C=O) groups is 1. The molecule has 0 saturated carbocycles. The van der Waals surface area contributed by atoms with E-state index < -0.39 is 0 Å². The number of anilines is 1. The van der Waals surface area contributed by atoms with Crippen molar-refractivity contribution in [1.82, 2.24) is 4.90 Å². The molecule has 0 spiro atoms. The third-order valence-electron chi connectivity index (χ3n) is 3.43. The lowest BCUT2D eigenvalue weighted by Gasteiger charge is -2.20. The quantitative estimate of drug-likeness (QED) is 0.528. The second-order valence-corrected chi connectivity index (χ2v) is 5.93. The molecule has 0 aliphatic carbocycles. The summed E-state index contributed by atoms with van der Waals surface area (Å²) >= 11 is 0. The van der Waals surface area contributed by atoms with Gasteiger partial charge in [-0.15, -0.1) is 0 Å². The molecule has 0 radical (unpaired) electrons. The summed E-state index contributed by atoms with van der Waals surface area (Å²) in [6, 6.07) is 5.32. The van der Waals surface area contributed by atoms with Crippen LogP contribution in [0.5, 0.6) is 5.75 Å². The summed E-state index contributed by atoms with van der Waals surface area (Å²) in [6.07, 6.45) is 2.83. The topological polar surface area (TPSA) is 55.6 Å². The van der Waals surface area contributed by atoms with Crippen molar-refractivity contribution in [2.45, 2.75) is 53.1 Å². The standard InChI is InChI=1S/C18H30N2O2/c1-5-10-20(11-6-2)12-9-17(21)15-7-8-18(16(19)13-15)22-14(3)4/h7-8,13-14H,5-6,9-12,19H2,1-4H3. The number of ether oxygens (including phenoxy) is 1. The first-order chi connectivity index (χ1) is 10.5. The number of carbonyl (C=O) groups excluding carboxylic acids is 1. The van der Waals surface area contributed by atoms with Gasteiger partial charge in [0.2, 0.25) is 0 Å². The molecule has 0 heterocycles. The van der Waals surface area contributed by atoms with E-state index in [0.29, 0.717) is 23.4 Å². The molecule has 0 aromatic heterocycles. The van der Waals surface area contributed by atoms with Crippen molar-refractivity contribution in [2.24, 2.45) is 0 Å². The molecule has 0 bridgehead atoms. The van der Waals surface area contributed by atoms with Gasteiger partial charge in [-0.05, 0) is 58.0 Å². The van der Waals surface area contributed by atoms with E-state index in [4.69, 9.17) is 10.5 Å². The summed E-state index contributed by atoms with van der Waals surface area (Å²) in [5, 5.41) is 0. The number of nitrogens with zero attached hydrogens (tertiary/aromatic N) is 1. The summed E-state index contributed by atoms with van der Waals surface area (Å²) in [6.45, 7) is 11.1. The van der Waals surface area contributed by atoms with Crippen LogP contribution >= 0.6 is 0 Å². The number of rotatable bonds is 10. The van der Waals surface area contributed by atoms with E-state index in [2.05, 4.69) is 18.7 Å². The SMILES string of the molecule is CCCN(CCC)CCC(=O)c1ccc(OC(C)C)c(N)c1. The van der Waals surface area contributed by atoms with E-state index in [-0.39, 0.29) is 11.9 Å². The number of Topliss-reactive ketones (excluding diaryl/α,β-unsaturated/α-hetero) is 1. The van der Waals surface area contributed by atoms with Gasteiger partial charge in [-0.1, -0.05) is 13.8 Å². The van der Waals surface area contributed by atoms with Gasteiger partial charge in [-0.3, -0.25) is 4.79 Å². The highest BCUT2D eigenvalue weighted by atomic mass is 16.5. The lowest BCUT2D eigenvalue weighted by Crippen LogP contribution is -2.28. The molecule has 2 N–H and O–H groups in total. The monoisotopic (exact) mass is 306 g/mol. The Labute approximate surface area is 134 Å².